The third-order valence-corrected chi connectivity index (χ3v) is 1.74. The monoisotopic (exact) mass is 141 g/mol. The summed E-state index contributed by atoms with van der Waals surface area (Å²) >= 11 is 0. The first kappa shape index (κ1) is 7.28. The molecule has 56 valence electrons. The number of carboxylic acids is 1. The van der Waals surface area contributed by atoms with Gasteiger partial charge >= 0.3 is 5.97 Å². The van der Waals surface area contributed by atoms with E-state index in [0.29, 0.717) is 11.5 Å². The minimum absolute atomic E-state index is 0.257. The molecule has 1 rings (SSSR count). The van der Waals surface area contributed by atoms with Crippen molar-refractivity contribution in [2.45, 2.75) is 19.4 Å². The van der Waals surface area contributed by atoms with Gasteiger partial charge in [-0.15, -0.1) is 0 Å². The number of allylic oxidation sites excluding steroid dienone is 1. The van der Waals surface area contributed by atoms with Crippen molar-refractivity contribution in [1.82, 2.24) is 0 Å². The van der Waals surface area contributed by atoms with E-state index in [1.54, 1.807) is 6.08 Å². The lowest BCUT2D eigenvalue weighted by atomic mass is 10.1. The minimum Gasteiger partial charge on any atom is -0.478 e. The van der Waals surface area contributed by atoms with Gasteiger partial charge in [0.1, 0.15) is 0 Å². The zero-order valence-corrected chi connectivity index (χ0v) is 5.87. The van der Waals surface area contributed by atoms with Crippen LogP contribution in [0.4, 0.5) is 0 Å². The first-order chi connectivity index (χ1) is 4.61. The average molecular weight is 141 g/mol. The van der Waals surface area contributed by atoms with Crippen molar-refractivity contribution in [2.75, 3.05) is 0 Å². The predicted molar refractivity (Wildman–Crippen MR) is 37.5 cm³/mol. The van der Waals surface area contributed by atoms with Gasteiger partial charge in [-0.1, -0.05) is 13.0 Å². The SMILES string of the molecule is CC1C=C(C(=O)O)C(N)C1. The number of nitrogens with two attached hydrogens (primary N) is 1. The van der Waals surface area contributed by atoms with Crippen molar-refractivity contribution in [3.05, 3.63) is 11.6 Å². The Kier molecular flexibility index (Phi) is 1.76. The van der Waals surface area contributed by atoms with Gasteiger partial charge in [0.15, 0.2) is 0 Å². The van der Waals surface area contributed by atoms with Crippen molar-refractivity contribution in [3.8, 4) is 0 Å². The summed E-state index contributed by atoms with van der Waals surface area (Å²) < 4.78 is 0. The maximum Gasteiger partial charge on any atom is 0.332 e. The van der Waals surface area contributed by atoms with E-state index >= 15 is 0 Å². The molecule has 0 spiro atoms. The number of hydrogen-bond donors (Lipinski definition) is 2. The number of carbonyl (C=O) groups is 1. The molecule has 0 amide bonds. The minimum atomic E-state index is -0.878. The maximum atomic E-state index is 10.4. The predicted octanol–water partition coefficient (Wildman–Crippen LogP) is 0.365. The van der Waals surface area contributed by atoms with Gasteiger partial charge in [0.2, 0.25) is 0 Å². The van der Waals surface area contributed by atoms with Gasteiger partial charge in [0.25, 0.3) is 0 Å². The van der Waals surface area contributed by atoms with E-state index in [4.69, 9.17) is 10.8 Å². The molecule has 2 unspecified atom stereocenters. The van der Waals surface area contributed by atoms with Crippen LogP contribution in [0, 0.1) is 5.92 Å². The van der Waals surface area contributed by atoms with Crippen LogP contribution >= 0.6 is 0 Å². The van der Waals surface area contributed by atoms with Crippen molar-refractivity contribution in [3.63, 3.8) is 0 Å². The molecule has 0 aliphatic heterocycles. The van der Waals surface area contributed by atoms with Crippen LogP contribution in [0.3, 0.4) is 0 Å². The van der Waals surface area contributed by atoms with Crippen molar-refractivity contribution in [1.29, 1.82) is 0 Å². The first-order valence-electron chi connectivity index (χ1n) is 3.32. The van der Waals surface area contributed by atoms with Gasteiger partial charge in [-0.05, 0) is 12.3 Å². The lowest BCUT2D eigenvalue weighted by Crippen LogP contribution is -2.23. The van der Waals surface area contributed by atoms with Gasteiger partial charge in [-0.25, -0.2) is 4.79 Å². The molecule has 3 N–H and O–H groups in total. The number of rotatable bonds is 1. The highest BCUT2D eigenvalue weighted by Gasteiger charge is 2.24. The molecular formula is C7H11NO2. The van der Waals surface area contributed by atoms with Crippen LogP contribution in [-0.4, -0.2) is 17.1 Å². The number of carboxylic acid groups (broad SMARTS) is 1. The molecule has 1 aliphatic rings. The van der Waals surface area contributed by atoms with Crippen LogP contribution in [0.1, 0.15) is 13.3 Å². The van der Waals surface area contributed by atoms with Crippen LogP contribution in [0.5, 0.6) is 0 Å². The van der Waals surface area contributed by atoms with Crippen molar-refractivity contribution in [2.24, 2.45) is 11.7 Å². The molecule has 0 bridgehead atoms. The van der Waals surface area contributed by atoms with Gasteiger partial charge in [-0.2, -0.15) is 0 Å². The molecule has 0 aromatic rings. The van der Waals surface area contributed by atoms with E-state index in [9.17, 15) is 4.79 Å². The van der Waals surface area contributed by atoms with Crippen LogP contribution < -0.4 is 5.73 Å². The van der Waals surface area contributed by atoms with Gasteiger partial charge in [0.05, 0.1) is 0 Å². The van der Waals surface area contributed by atoms with E-state index in [2.05, 4.69) is 0 Å². The molecule has 10 heavy (non-hydrogen) atoms. The molecule has 3 nitrogen and oxygen atoms in total. The highest BCUT2D eigenvalue weighted by atomic mass is 16.4. The Labute approximate surface area is 59.5 Å². The van der Waals surface area contributed by atoms with E-state index < -0.39 is 5.97 Å². The Morgan fingerprint density at radius 2 is 2.50 bits per heavy atom. The second-order valence-electron chi connectivity index (χ2n) is 2.75. The fraction of sp³-hybridized carbons (Fsp3) is 0.571. The summed E-state index contributed by atoms with van der Waals surface area (Å²) in [6.07, 6.45) is 2.49. The average Bonchev–Trinajstić information content (AvgIpc) is 2.10. The second-order valence-corrected chi connectivity index (χ2v) is 2.75. The lowest BCUT2D eigenvalue weighted by Gasteiger charge is -2.03. The molecule has 0 heterocycles. The van der Waals surface area contributed by atoms with Crippen LogP contribution in [0.25, 0.3) is 0 Å². The van der Waals surface area contributed by atoms with Gasteiger partial charge in [-0.3, -0.25) is 0 Å². The standard InChI is InChI=1S/C7H11NO2/c1-4-2-5(7(9)10)6(8)3-4/h2,4,6H,3,8H2,1H3,(H,9,10). The van der Waals surface area contributed by atoms with Crippen molar-refractivity contribution >= 4 is 5.97 Å². The smallest absolute Gasteiger partial charge is 0.332 e. The van der Waals surface area contributed by atoms with Gasteiger partial charge < -0.3 is 10.8 Å². The summed E-state index contributed by atoms with van der Waals surface area (Å²) in [6, 6.07) is -0.257. The summed E-state index contributed by atoms with van der Waals surface area (Å²) in [5.74, 6) is -0.557. The second kappa shape index (κ2) is 2.42. The third-order valence-electron chi connectivity index (χ3n) is 1.74. The molecule has 0 saturated carbocycles. The van der Waals surface area contributed by atoms with E-state index in [1.807, 2.05) is 6.92 Å². The molecule has 0 aromatic heterocycles. The first-order valence-corrected chi connectivity index (χ1v) is 3.32. The maximum absolute atomic E-state index is 10.4. The molecule has 0 saturated heterocycles. The molecule has 0 fully saturated rings. The summed E-state index contributed by atoms with van der Waals surface area (Å²) in [7, 11) is 0. The van der Waals surface area contributed by atoms with Crippen LogP contribution in [0.15, 0.2) is 11.6 Å². The zero-order valence-electron chi connectivity index (χ0n) is 5.87. The zero-order chi connectivity index (χ0) is 7.72. The molecule has 1 aliphatic carbocycles. The molecule has 3 heteroatoms. The quantitative estimate of drug-likeness (QED) is 0.554. The molecular weight excluding hydrogens is 130 g/mol. The van der Waals surface area contributed by atoms with Crippen LogP contribution in [0.2, 0.25) is 0 Å². The highest BCUT2D eigenvalue weighted by Crippen LogP contribution is 2.22. The Hall–Kier alpha value is -0.830. The number of hydrogen-bond acceptors (Lipinski definition) is 2. The Balaban J connectivity index is 2.75. The van der Waals surface area contributed by atoms with E-state index in [1.165, 1.54) is 0 Å². The number of aliphatic carboxylic acids is 1. The fourth-order valence-electron chi connectivity index (χ4n) is 1.26. The fourth-order valence-corrected chi connectivity index (χ4v) is 1.26. The summed E-state index contributed by atoms with van der Waals surface area (Å²) in [6.45, 7) is 1.97. The van der Waals surface area contributed by atoms with Gasteiger partial charge in [0, 0.05) is 11.6 Å². The normalized spacial score (nSPS) is 32.0. The molecule has 0 aromatic carbocycles. The Bertz CT molecular complexity index is 186. The summed E-state index contributed by atoms with van der Waals surface area (Å²) in [5, 5.41) is 8.55. The summed E-state index contributed by atoms with van der Waals surface area (Å²) in [4.78, 5) is 10.4. The van der Waals surface area contributed by atoms with Crippen molar-refractivity contribution < 1.29 is 9.90 Å². The third kappa shape index (κ3) is 1.19. The lowest BCUT2D eigenvalue weighted by molar-refractivity contribution is -0.132. The Morgan fingerprint density at radius 1 is 1.90 bits per heavy atom. The van der Waals surface area contributed by atoms with E-state index in [0.717, 1.165) is 6.42 Å². The largest absolute Gasteiger partial charge is 0.478 e. The van der Waals surface area contributed by atoms with E-state index in [-0.39, 0.29) is 6.04 Å². The molecule has 2 atom stereocenters. The molecule has 0 radical (unpaired) electrons. The topological polar surface area (TPSA) is 63.3 Å². The highest BCUT2D eigenvalue weighted by molar-refractivity contribution is 5.88. The Morgan fingerprint density at radius 3 is 2.70 bits per heavy atom. The van der Waals surface area contributed by atoms with Crippen LogP contribution in [-0.2, 0) is 4.79 Å². The summed E-state index contributed by atoms with van der Waals surface area (Å²) in [5.41, 5.74) is 5.89.